The first-order valence-electron chi connectivity index (χ1n) is 7.64. The first-order chi connectivity index (χ1) is 13.1. The summed E-state index contributed by atoms with van der Waals surface area (Å²) >= 11 is 1.50. The molecule has 0 saturated heterocycles. The van der Waals surface area contributed by atoms with E-state index in [1.165, 1.54) is 36.0 Å². The van der Waals surface area contributed by atoms with E-state index in [9.17, 15) is 14.7 Å². The molecule has 1 aromatic carbocycles. The number of aromatic nitrogens is 2. The Balaban J connectivity index is 1.70. The first kappa shape index (κ1) is 18.2. The molecule has 0 atom stereocenters. The van der Waals surface area contributed by atoms with Crippen LogP contribution < -0.4 is 5.32 Å². The maximum Gasteiger partial charge on any atom is 0.337 e. The van der Waals surface area contributed by atoms with Crippen LogP contribution in [0, 0.1) is 11.3 Å². The summed E-state index contributed by atoms with van der Waals surface area (Å²) in [7, 11) is 0. The monoisotopic (exact) mass is 380 g/mol. The molecule has 27 heavy (non-hydrogen) atoms. The van der Waals surface area contributed by atoms with E-state index in [2.05, 4.69) is 15.5 Å². The number of carbonyl (C=O) groups is 2. The van der Waals surface area contributed by atoms with Crippen LogP contribution in [-0.4, -0.2) is 27.1 Å². The van der Waals surface area contributed by atoms with Crippen LogP contribution >= 0.6 is 11.8 Å². The average Bonchev–Trinajstić information content (AvgIpc) is 3.16. The number of hydrogen-bond donors (Lipinski definition) is 2. The fourth-order valence-corrected chi connectivity index (χ4v) is 2.92. The number of thioether (sulfide) groups is 1. The van der Waals surface area contributed by atoms with Crippen molar-refractivity contribution >= 4 is 29.3 Å². The number of nitrogens with one attached hydrogen (secondary N) is 1. The molecule has 2 heterocycles. The number of carbonyl (C=O) groups excluding carboxylic acids is 1. The number of nitrogens with zero attached hydrogens (tertiary/aromatic N) is 3. The second-order valence-corrected chi connectivity index (χ2v) is 6.33. The lowest BCUT2D eigenvalue weighted by atomic mass is 10.1. The van der Waals surface area contributed by atoms with Crippen LogP contribution in [0.2, 0.25) is 0 Å². The average molecular weight is 380 g/mol. The van der Waals surface area contributed by atoms with Crippen molar-refractivity contribution in [1.82, 2.24) is 10.1 Å². The normalized spacial score (nSPS) is 10.2. The number of amides is 1. The van der Waals surface area contributed by atoms with Crippen molar-refractivity contribution in [2.75, 3.05) is 5.32 Å². The summed E-state index contributed by atoms with van der Waals surface area (Å²) < 4.78 is 5.15. The van der Waals surface area contributed by atoms with Crippen molar-refractivity contribution in [3.8, 4) is 6.07 Å². The molecule has 0 saturated carbocycles. The second kappa shape index (κ2) is 8.16. The summed E-state index contributed by atoms with van der Waals surface area (Å²) in [5.41, 5.74) is 0.102. The molecule has 2 aromatic heterocycles. The van der Waals surface area contributed by atoms with E-state index in [4.69, 9.17) is 9.78 Å². The molecule has 3 aromatic rings. The summed E-state index contributed by atoms with van der Waals surface area (Å²) in [4.78, 5) is 28.6. The molecule has 1 amide bonds. The summed E-state index contributed by atoms with van der Waals surface area (Å²) in [5.74, 6) is -0.884. The van der Waals surface area contributed by atoms with E-state index < -0.39 is 11.9 Å². The molecule has 0 aliphatic carbocycles. The highest BCUT2D eigenvalue weighted by molar-refractivity contribution is 7.98. The van der Waals surface area contributed by atoms with Gasteiger partial charge in [0.05, 0.1) is 28.6 Å². The van der Waals surface area contributed by atoms with Gasteiger partial charge < -0.3 is 14.9 Å². The van der Waals surface area contributed by atoms with Gasteiger partial charge in [0, 0.05) is 23.4 Å². The number of benzene rings is 1. The summed E-state index contributed by atoms with van der Waals surface area (Å²) in [6.45, 7) is 0. The lowest BCUT2D eigenvalue weighted by Gasteiger charge is -2.07. The quantitative estimate of drug-likeness (QED) is 0.624. The molecular weight excluding hydrogens is 368 g/mol. The number of nitriles is 1. The molecule has 8 nitrogen and oxygen atoms in total. The predicted octanol–water partition coefficient (Wildman–Crippen LogP) is 3.18. The Bertz CT molecular complexity index is 1030. The van der Waals surface area contributed by atoms with Gasteiger partial charge in [-0.1, -0.05) is 5.16 Å². The third-order valence-corrected chi connectivity index (χ3v) is 4.48. The van der Waals surface area contributed by atoms with E-state index in [1.54, 1.807) is 12.4 Å². The zero-order valence-corrected chi connectivity index (χ0v) is 14.6. The third kappa shape index (κ3) is 4.50. The molecule has 0 spiro atoms. The Labute approximate surface area is 157 Å². The number of anilines is 1. The fraction of sp³-hybridized carbons (Fsp3) is 0.0556. The van der Waals surface area contributed by atoms with E-state index in [0.29, 0.717) is 11.5 Å². The van der Waals surface area contributed by atoms with Gasteiger partial charge in [-0.05, 0) is 30.3 Å². The second-order valence-electron chi connectivity index (χ2n) is 5.28. The Morgan fingerprint density at radius 2 is 2.00 bits per heavy atom. The standard InChI is InChI=1S/C18H12N4O4S/c19-9-11-1-2-15(14(7-11)18(24)25)21-17(23)16-8-12(26-22-16)10-27-13-3-5-20-6-4-13/h1-8H,10H2,(H,21,23)(H,24,25). The number of carboxylic acids is 1. The smallest absolute Gasteiger partial charge is 0.337 e. The minimum absolute atomic E-state index is 0.0287. The molecule has 0 fully saturated rings. The minimum atomic E-state index is -1.25. The van der Waals surface area contributed by atoms with Gasteiger partial charge in [-0.2, -0.15) is 5.26 Å². The number of carboxylic acid groups (broad SMARTS) is 1. The fourth-order valence-electron chi connectivity index (χ4n) is 2.16. The predicted molar refractivity (Wildman–Crippen MR) is 96.4 cm³/mol. The molecule has 3 rings (SSSR count). The van der Waals surface area contributed by atoms with Crippen molar-refractivity contribution in [2.45, 2.75) is 10.6 Å². The lowest BCUT2D eigenvalue weighted by molar-refractivity contribution is 0.0698. The minimum Gasteiger partial charge on any atom is -0.478 e. The van der Waals surface area contributed by atoms with Crippen molar-refractivity contribution in [1.29, 1.82) is 5.26 Å². The van der Waals surface area contributed by atoms with Crippen LogP contribution in [0.15, 0.2) is 58.2 Å². The molecule has 0 radical (unpaired) electrons. The summed E-state index contributed by atoms with van der Waals surface area (Å²) in [6.07, 6.45) is 3.36. The van der Waals surface area contributed by atoms with Gasteiger partial charge in [0.15, 0.2) is 5.69 Å². The van der Waals surface area contributed by atoms with Gasteiger partial charge in [-0.3, -0.25) is 9.78 Å². The Morgan fingerprint density at radius 3 is 2.70 bits per heavy atom. The topological polar surface area (TPSA) is 129 Å². The van der Waals surface area contributed by atoms with Gasteiger partial charge in [0.2, 0.25) is 0 Å². The van der Waals surface area contributed by atoms with E-state index in [-0.39, 0.29) is 22.5 Å². The SMILES string of the molecule is N#Cc1ccc(NC(=O)c2cc(CSc3ccncc3)on2)c(C(=O)O)c1. The van der Waals surface area contributed by atoms with Gasteiger partial charge in [0.25, 0.3) is 5.91 Å². The van der Waals surface area contributed by atoms with Crippen LogP contribution in [0.1, 0.15) is 32.2 Å². The van der Waals surface area contributed by atoms with Crippen molar-refractivity contribution in [3.05, 3.63) is 71.4 Å². The van der Waals surface area contributed by atoms with E-state index in [0.717, 1.165) is 4.90 Å². The molecule has 0 aliphatic rings. The number of pyridine rings is 1. The number of rotatable bonds is 6. The third-order valence-electron chi connectivity index (χ3n) is 3.45. The molecule has 0 unspecified atom stereocenters. The Kier molecular flexibility index (Phi) is 5.49. The summed E-state index contributed by atoms with van der Waals surface area (Å²) in [6, 6.07) is 11.0. The Morgan fingerprint density at radius 1 is 1.22 bits per heavy atom. The van der Waals surface area contributed by atoms with Crippen LogP contribution in [0.5, 0.6) is 0 Å². The Hall–Kier alpha value is -3.64. The van der Waals surface area contributed by atoms with Gasteiger partial charge in [-0.25, -0.2) is 4.79 Å². The van der Waals surface area contributed by atoms with Gasteiger partial charge >= 0.3 is 5.97 Å². The molecule has 2 N–H and O–H groups in total. The van der Waals surface area contributed by atoms with Crippen molar-refractivity contribution in [3.63, 3.8) is 0 Å². The van der Waals surface area contributed by atoms with Crippen molar-refractivity contribution < 1.29 is 19.2 Å². The maximum absolute atomic E-state index is 12.3. The molecule has 0 bridgehead atoms. The van der Waals surface area contributed by atoms with Crippen LogP contribution in [-0.2, 0) is 5.75 Å². The van der Waals surface area contributed by atoms with E-state index in [1.807, 2.05) is 18.2 Å². The highest BCUT2D eigenvalue weighted by Crippen LogP contribution is 2.23. The van der Waals surface area contributed by atoms with Crippen LogP contribution in [0.25, 0.3) is 0 Å². The molecular formula is C18H12N4O4S. The molecule has 9 heteroatoms. The first-order valence-corrected chi connectivity index (χ1v) is 8.62. The summed E-state index contributed by atoms with van der Waals surface area (Å²) in [5, 5.41) is 24.3. The maximum atomic E-state index is 12.3. The molecule has 0 aliphatic heterocycles. The van der Waals surface area contributed by atoms with E-state index >= 15 is 0 Å². The van der Waals surface area contributed by atoms with Gasteiger partial charge in [-0.15, -0.1) is 11.8 Å². The lowest BCUT2D eigenvalue weighted by Crippen LogP contribution is -2.15. The van der Waals surface area contributed by atoms with Crippen molar-refractivity contribution in [2.24, 2.45) is 0 Å². The zero-order valence-electron chi connectivity index (χ0n) is 13.7. The van der Waals surface area contributed by atoms with Crippen LogP contribution in [0.4, 0.5) is 5.69 Å². The van der Waals surface area contributed by atoms with Crippen LogP contribution in [0.3, 0.4) is 0 Å². The molecule has 134 valence electrons. The highest BCUT2D eigenvalue weighted by Gasteiger charge is 2.17. The zero-order chi connectivity index (χ0) is 19.2. The van der Waals surface area contributed by atoms with Gasteiger partial charge in [0.1, 0.15) is 5.76 Å². The number of hydrogen-bond acceptors (Lipinski definition) is 7. The number of aromatic carboxylic acids is 1. The largest absolute Gasteiger partial charge is 0.478 e. The highest BCUT2D eigenvalue weighted by atomic mass is 32.2.